The van der Waals surface area contributed by atoms with Crippen molar-refractivity contribution >= 4 is 6.20 Å². The molecular weight excluding hydrogens is 215 g/mol. The first kappa shape index (κ1) is 11.6. The Morgan fingerprint density at radius 1 is 1.24 bits per heavy atom. The molecule has 0 aliphatic carbocycles. The van der Waals surface area contributed by atoms with E-state index in [4.69, 9.17) is 0 Å². The van der Waals surface area contributed by atoms with Crippen LogP contribution >= 0.6 is 0 Å². The van der Waals surface area contributed by atoms with Crippen molar-refractivity contribution in [1.29, 1.82) is 0 Å². The quantitative estimate of drug-likeness (QED) is 0.767. The molecule has 0 unspecified atom stereocenters. The van der Waals surface area contributed by atoms with E-state index in [-0.39, 0.29) is 5.82 Å². The van der Waals surface area contributed by atoms with Gasteiger partial charge in [0.15, 0.2) is 0 Å². The van der Waals surface area contributed by atoms with Gasteiger partial charge in [-0.25, -0.2) is 9.07 Å². The minimum Gasteiger partial charge on any atom is -0.245 e. The van der Waals surface area contributed by atoms with Gasteiger partial charge in [-0.3, -0.25) is 0 Å². The molecule has 0 saturated heterocycles. The van der Waals surface area contributed by atoms with Crippen molar-refractivity contribution in [2.75, 3.05) is 0 Å². The normalized spacial score (nSPS) is 11.3. The van der Waals surface area contributed by atoms with Crippen molar-refractivity contribution in [1.82, 2.24) is 9.78 Å². The van der Waals surface area contributed by atoms with Crippen LogP contribution in [0.2, 0.25) is 0 Å². The Labute approximate surface area is 100 Å². The van der Waals surface area contributed by atoms with Crippen LogP contribution in [-0.2, 0) is 0 Å². The van der Waals surface area contributed by atoms with Gasteiger partial charge < -0.3 is 0 Å². The van der Waals surface area contributed by atoms with Gasteiger partial charge in [-0.05, 0) is 26.3 Å². The third kappa shape index (κ3) is 2.00. The van der Waals surface area contributed by atoms with E-state index in [0.29, 0.717) is 11.1 Å². The van der Waals surface area contributed by atoms with Crippen molar-refractivity contribution in [3.63, 3.8) is 0 Å². The third-order valence-electron chi connectivity index (χ3n) is 2.82. The van der Waals surface area contributed by atoms with E-state index in [1.54, 1.807) is 29.9 Å². The van der Waals surface area contributed by atoms with Crippen molar-refractivity contribution in [2.24, 2.45) is 0 Å². The first-order valence-electron chi connectivity index (χ1n) is 5.57. The first-order valence-corrected chi connectivity index (χ1v) is 5.57. The molecule has 2 rings (SSSR count). The molecule has 0 N–H and O–H groups in total. The van der Waals surface area contributed by atoms with Crippen LogP contribution in [0.5, 0.6) is 0 Å². The zero-order valence-corrected chi connectivity index (χ0v) is 10.2. The maximum atomic E-state index is 14.0. The van der Waals surface area contributed by atoms with Crippen LogP contribution in [-0.4, -0.2) is 9.78 Å². The molecular formula is C14H15FN2. The number of hydrogen-bond acceptors (Lipinski definition) is 1. The fraction of sp³-hybridized carbons (Fsp3) is 0.214. The van der Waals surface area contributed by atoms with Crippen LogP contribution in [0, 0.1) is 19.7 Å². The Kier molecular flexibility index (Phi) is 3.09. The highest BCUT2D eigenvalue weighted by Crippen LogP contribution is 2.27. The SMILES string of the molecule is C/C=C\n1ncc(-c2cccc(C)c2F)c1C. The summed E-state index contributed by atoms with van der Waals surface area (Å²) in [5.74, 6) is -0.171. The summed E-state index contributed by atoms with van der Waals surface area (Å²) in [6.07, 6.45) is 5.45. The standard InChI is InChI=1S/C14H15FN2/c1-4-8-17-11(3)13(9-16-17)12-7-5-6-10(2)14(12)15/h4-9H,1-3H3/b8-4-. The van der Waals surface area contributed by atoms with Gasteiger partial charge in [0.25, 0.3) is 0 Å². The summed E-state index contributed by atoms with van der Waals surface area (Å²) < 4.78 is 15.8. The molecule has 1 aromatic carbocycles. The number of hydrogen-bond donors (Lipinski definition) is 0. The Hall–Kier alpha value is -1.90. The fourth-order valence-electron chi connectivity index (χ4n) is 1.83. The molecule has 0 bridgehead atoms. The van der Waals surface area contributed by atoms with Crippen LogP contribution in [0.3, 0.4) is 0 Å². The van der Waals surface area contributed by atoms with E-state index < -0.39 is 0 Å². The molecule has 0 aliphatic rings. The number of nitrogens with zero attached hydrogens (tertiary/aromatic N) is 2. The molecule has 0 amide bonds. The van der Waals surface area contributed by atoms with E-state index in [0.717, 1.165) is 11.3 Å². The predicted molar refractivity (Wildman–Crippen MR) is 68.1 cm³/mol. The Morgan fingerprint density at radius 2 is 2.00 bits per heavy atom. The van der Waals surface area contributed by atoms with Gasteiger partial charge in [0.1, 0.15) is 5.82 Å². The van der Waals surface area contributed by atoms with E-state index >= 15 is 0 Å². The average molecular weight is 230 g/mol. The van der Waals surface area contributed by atoms with Gasteiger partial charge in [0.2, 0.25) is 0 Å². The number of halogens is 1. The highest BCUT2D eigenvalue weighted by molar-refractivity contribution is 5.67. The van der Waals surface area contributed by atoms with Crippen molar-refractivity contribution in [3.8, 4) is 11.1 Å². The summed E-state index contributed by atoms with van der Waals surface area (Å²) in [4.78, 5) is 0. The molecule has 0 atom stereocenters. The summed E-state index contributed by atoms with van der Waals surface area (Å²) >= 11 is 0. The zero-order valence-electron chi connectivity index (χ0n) is 10.2. The highest BCUT2D eigenvalue weighted by atomic mass is 19.1. The summed E-state index contributed by atoms with van der Waals surface area (Å²) in [5.41, 5.74) is 3.04. The van der Waals surface area contributed by atoms with E-state index in [1.807, 2.05) is 32.2 Å². The zero-order chi connectivity index (χ0) is 12.4. The largest absolute Gasteiger partial charge is 0.245 e. The number of aryl methyl sites for hydroxylation is 1. The molecule has 88 valence electrons. The summed E-state index contributed by atoms with van der Waals surface area (Å²) in [7, 11) is 0. The van der Waals surface area contributed by atoms with E-state index in [1.165, 1.54) is 0 Å². The lowest BCUT2D eigenvalue weighted by Gasteiger charge is -2.05. The van der Waals surface area contributed by atoms with Gasteiger partial charge >= 0.3 is 0 Å². The molecule has 0 radical (unpaired) electrons. The van der Waals surface area contributed by atoms with E-state index in [2.05, 4.69) is 5.10 Å². The van der Waals surface area contributed by atoms with Crippen molar-refractivity contribution in [3.05, 3.63) is 47.5 Å². The number of benzene rings is 1. The number of allylic oxidation sites excluding steroid dienone is 1. The second kappa shape index (κ2) is 4.53. The van der Waals surface area contributed by atoms with E-state index in [9.17, 15) is 4.39 Å². The maximum absolute atomic E-state index is 14.0. The molecule has 17 heavy (non-hydrogen) atoms. The van der Waals surface area contributed by atoms with Crippen LogP contribution in [0.1, 0.15) is 18.2 Å². The number of rotatable bonds is 2. The molecule has 0 aliphatic heterocycles. The van der Waals surface area contributed by atoms with Crippen LogP contribution in [0.4, 0.5) is 4.39 Å². The molecule has 0 fully saturated rings. The van der Waals surface area contributed by atoms with Crippen molar-refractivity contribution in [2.45, 2.75) is 20.8 Å². The lowest BCUT2D eigenvalue weighted by molar-refractivity contribution is 0.622. The molecule has 0 saturated carbocycles. The monoisotopic (exact) mass is 230 g/mol. The van der Waals surface area contributed by atoms with Gasteiger partial charge in [0.05, 0.1) is 6.20 Å². The summed E-state index contributed by atoms with van der Waals surface area (Å²) in [6, 6.07) is 5.41. The van der Waals surface area contributed by atoms with Gasteiger partial charge in [-0.15, -0.1) is 0 Å². The summed E-state index contributed by atoms with van der Waals surface area (Å²) in [5, 5.41) is 4.22. The minimum absolute atomic E-state index is 0.171. The third-order valence-corrected chi connectivity index (χ3v) is 2.82. The Balaban J connectivity index is 2.57. The average Bonchev–Trinajstić information content (AvgIpc) is 2.66. The molecule has 3 heteroatoms. The highest BCUT2D eigenvalue weighted by Gasteiger charge is 2.12. The minimum atomic E-state index is -0.171. The van der Waals surface area contributed by atoms with Crippen molar-refractivity contribution < 1.29 is 4.39 Å². The van der Waals surface area contributed by atoms with Gasteiger partial charge in [-0.1, -0.05) is 24.3 Å². The smallest absolute Gasteiger partial charge is 0.134 e. The molecule has 1 heterocycles. The second-order valence-electron chi connectivity index (χ2n) is 4.01. The van der Waals surface area contributed by atoms with Crippen LogP contribution < -0.4 is 0 Å². The topological polar surface area (TPSA) is 17.8 Å². The molecule has 1 aromatic heterocycles. The Morgan fingerprint density at radius 3 is 2.71 bits per heavy atom. The van der Waals surface area contributed by atoms with Crippen LogP contribution in [0.15, 0.2) is 30.5 Å². The first-order chi connectivity index (χ1) is 8.15. The van der Waals surface area contributed by atoms with Gasteiger partial charge in [0, 0.05) is 23.0 Å². The van der Waals surface area contributed by atoms with Gasteiger partial charge in [-0.2, -0.15) is 5.10 Å². The van der Waals surface area contributed by atoms with Crippen LogP contribution in [0.25, 0.3) is 17.3 Å². The Bertz CT molecular complexity index is 568. The predicted octanol–water partition coefficient (Wildman–Crippen LogP) is 3.80. The molecule has 2 aromatic rings. The lowest BCUT2D eigenvalue weighted by atomic mass is 10.0. The fourth-order valence-corrected chi connectivity index (χ4v) is 1.83. The maximum Gasteiger partial charge on any atom is 0.134 e. The molecule has 2 nitrogen and oxygen atoms in total. The lowest BCUT2D eigenvalue weighted by Crippen LogP contribution is -1.93. The number of aromatic nitrogens is 2. The summed E-state index contributed by atoms with van der Waals surface area (Å²) in [6.45, 7) is 5.63. The molecule has 0 spiro atoms. The second-order valence-corrected chi connectivity index (χ2v) is 4.01.